The zero-order valence-corrected chi connectivity index (χ0v) is 18.6. The molecule has 5 nitrogen and oxygen atoms in total. The molecule has 3 aromatic carbocycles. The molecule has 0 aliphatic heterocycles. The van der Waals surface area contributed by atoms with E-state index in [0.717, 1.165) is 10.0 Å². The molecule has 0 aromatic heterocycles. The van der Waals surface area contributed by atoms with Crippen LogP contribution in [0.3, 0.4) is 0 Å². The first kappa shape index (κ1) is 21.7. The summed E-state index contributed by atoms with van der Waals surface area (Å²) in [4.78, 5) is 24.7. The van der Waals surface area contributed by atoms with Crippen LogP contribution in [0.1, 0.15) is 39.2 Å². The van der Waals surface area contributed by atoms with Crippen LogP contribution in [0.25, 0.3) is 0 Å². The zero-order chi connectivity index (χ0) is 21.5. The van der Waals surface area contributed by atoms with Gasteiger partial charge in [0.2, 0.25) is 0 Å². The fraction of sp³-hybridized carbons (Fsp3) is 0.0870. The van der Waals surface area contributed by atoms with Crippen molar-refractivity contribution in [2.75, 3.05) is 5.32 Å². The van der Waals surface area contributed by atoms with Gasteiger partial charge in [0, 0.05) is 21.3 Å². The Morgan fingerprint density at radius 3 is 2.23 bits per heavy atom. The predicted octanol–water partition coefficient (Wildman–Crippen LogP) is 5.07. The van der Waals surface area contributed by atoms with Crippen molar-refractivity contribution in [1.29, 1.82) is 0 Å². The third-order valence-corrected chi connectivity index (χ3v) is 5.06. The number of rotatable bonds is 5. The highest BCUT2D eigenvalue weighted by Gasteiger charge is 2.12. The fourth-order valence-electron chi connectivity index (χ4n) is 2.78. The van der Waals surface area contributed by atoms with Crippen LogP contribution < -0.4 is 16.0 Å². The van der Waals surface area contributed by atoms with Crippen LogP contribution in [0.15, 0.2) is 83.3 Å². The van der Waals surface area contributed by atoms with Crippen molar-refractivity contribution in [1.82, 2.24) is 10.6 Å². The van der Waals surface area contributed by atoms with Gasteiger partial charge in [-0.3, -0.25) is 14.9 Å². The third kappa shape index (κ3) is 5.98. The second kappa shape index (κ2) is 10.1. The molecule has 0 saturated carbocycles. The monoisotopic (exact) mass is 481 g/mol. The molecule has 0 radical (unpaired) electrons. The minimum atomic E-state index is -0.306. The van der Waals surface area contributed by atoms with E-state index in [2.05, 4.69) is 31.9 Å². The Kier molecular flexibility index (Phi) is 7.32. The second-order valence-electron chi connectivity index (χ2n) is 6.60. The summed E-state index contributed by atoms with van der Waals surface area (Å²) < 4.78 is 0.810. The van der Waals surface area contributed by atoms with Crippen molar-refractivity contribution >= 4 is 50.8 Å². The number of thiocarbonyl (C=S) groups is 1. The van der Waals surface area contributed by atoms with Gasteiger partial charge in [0.25, 0.3) is 11.8 Å². The summed E-state index contributed by atoms with van der Waals surface area (Å²) in [5, 5.41) is 8.73. The number of nitrogens with one attached hydrogen (secondary N) is 3. The molecular weight excluding hydrogens is 462 g/mol. The first-order valence-corrected chi connectivity index (χ1v) is 10.5. The standard InChI is InChI=1S/C23H20BrN3O2S/c1-15(16-6-3-2-4-7-16)25-21(28)17-10-12-20(13-11-17)26-23(30)27-22(29)18-8-5-9-19(24)14-18/h2-15H,1H3,(H,25,28)(H2,26,27,29,30). The molecule has 0 spiro atoms. The summed E-state index contributed by atoms with van der Waals surface area (Å²) in [6.07, 6.45) is 0. The van der Waals surface area contributed by atoms with E-state index in [0.29, 0.717) is 16.8 Å². The number of carbonyl (C=O) groups is 2. The molecule has 3 aromatic rings. The quantitative estimate of drug-likeness (QED) is 0.445. The van der Waals surface area contributed by atoms with Crippen LogP contribution in [0.4, 0.5) is 5.69 Å². The maximum atomic E-state index is 12.5. The zero-order valence-electron chi connectivity index (χ0n) is 16.2. The van der Waals surface area contributed by atoms with Gasteiger partial charge >= 0.3 is 0 Å². The minimum Gasteiger partial charge on any atom is -0.346 e. The summed E-state index contributed by atoms with van der Waals surface area (Å²) in [5.74, 6) is -0.469. The number of halogens is 1. The molecule has 0 fully saturated rings. The van der Waals surface area contributed by atoms with E-state index < -0.39 is 0 Å². The molecule has 3 rings (SSSR count). The number of hydrogen-bond acceptors (Lipinski definition) is 3. The average Bonchev–Trinajstić information content (AvgIpc) is 2.74. The summed E-state index contributed by atoms with van der Waals surface area (Å²) in [5.41, 5.74) is 2.73. The summed E-state index contributed by atoms with van der Waals surface area (Å²) in [7, 11) is 0. The molecule has 1 unspecified atom stereocenters. The van der Waals surface area contributed by atoms with Crippen LogP contribution in [0.2, 0.25) is 0 Å². The number of carbonyl (C=O) groups excluding carboxylic acids is 2. The highest BCUT2D eigenvalue weighted by Crippen LogP contribution is 2.15. The van der Waals surface area contributed by atoms with Crippen molar-refractivity contribution in [3.8, 4) is 0 Å². The third-order valence-electron chi connectivity index (χ3n) is 4.37. The van der Waals surface area contributed by atoms with E-state index >= 15 is 0 Å². The van der Waals surface area contributed by atoms with Crippen LogP contribution >= 0.6 is 28.1 Å². The van der Waals surface area contributed by atoms with E-state index in [4.69, 9.17) is 12.2 Å². The molecule has 1 atom stereocenters. The molecule has 0 aliphatic rings. The lowest BCUT2D eigenvalue weighted by molar-refractivity contribution is 0.0938. The SMILES string of the molecule is CC(NC(=O)c1ccc(NC(=S)NC(=O)c2cccc(Br)c2)cc1)c1ccccc1. The molecule has 152 valence electrons. The first-order chi connectivity index (χ1) is 14.4. The number of amides is 2. The van der Waals surface area contributed by atoms with Gasteiger partial charge in [0.1, 0.15) is 0 Å². The Morgan fingerprint density at radius 1 is 0.867 bits per heavy atom. The Hall–Kier alpha value is -3.03. The molecule has 30 heavy (non-hydrogen) atoms. The Balaban J connectivity index is 1.55. The number of hydrogen-bond donors (Lipinski definition) is 3. The van der Waals surface area contributed by atoms with Crippen LogP contribution in [0.5, 0.6) is 0 Å². The largest absolute Gasteiger partial charge is 0.346 e. The lowest BCUT2D eigenvalue weighted by atomic mass is 10.1. The van der Waals surface area contributed by atoms with Gasteiger partial charge in [0.05, 0.1) is 6.04 Å². The van der Waals surface area contributed by atoms with Crippen LogP contribution in [-0.2, 0) is 0 Å². The van der Waals surface area contributed by atoms with E-state index in [-0.39, 0.29) is 23.0 Å². The average molecular weight is 482 g/mol. The molecule has 2 amide bonds. The van der Waals surface area contributed by atoms with Gasteiger partial charge in [-0.05, 0) is 67.2 Å². The maximum Gasteiger partial charge on any atom is 0.257 e. The van der Waals surface area contributed by atoms with Gasteiger partial charge in [0.15, 0.2) is 5.11 Å². The van der Waals surface area contributed by atoms with E-state index in [1.807, 2.05) is 43.3 Å². The van der Waals surface area contributed by atoms with Gasteiger partial charge in [-0.25, -0.2) is 0 Å². The molecule has 0 heterocycles. The highest BCUT2D eigenvalue weighted by molar-refractivity contribution is 9.10. The molecule has 0 bridgehead atoms. The van der Waals surface area contributed by atoms with Crippen molar-refractivity contribution in [2.24, 2.45) is 0 Å². The normalized spacial score (nSPS) is 11.3. The highest BCUT2D eigenvalue weighted by atomic mass is 79.9. The second-order valence-corrected chi connectivity index (χ2v) is 7.93. The van der Waals surface area contributed by atoms with Crippen LogP contribution in [0, 0.1) is 0 Å². The first-order valence-electron chi connectivity index (χ1n) is 9.26. The Morgan fingerprint density at radius 2 is 1.57 bits per heavy atom. The summed E-state index contributed by atoms with van der Waals surface area (Å²) >= 11 is 8.54. The molecule has 7 heteroatoms. The predicted molar refractivity (Wildman–Crippen MR) is 127 cm³/mol. The molecule has 3 N–H and O–H groups in total. The Labute approximate surface area is 189 Å². The minimum absolute atomic E-state index is 0.0997. The number of anilines is 1. The van der Waals surface area contributed by atoms with Crippen molar-refractivity contribution in [2.45, 2.75) is 13.0 Å². The van der Waals surface area contributed by atoms with Gasteiger partial charge in [-0.1, -0.05) is 52.3 Å². The van der Waals surface area contributed by atoms with Crippen molar-refractivity contribution < 1.29 is 9.59 Å². The summed E-state index contributed by atoms with van der Waals surface area (Å²) in [6, 6.07) is 23.6. The van der Waals surface area contributed by atoms with E-state index in [1.165, 1.54) is 0 Å². The molecular formula is C23H20BrN3O2S. The van der Waals surface area contributed by atoms with Gasteiger partial charge < -0.3 is 10.6 Å². The van der Waals surface area contributed by atoms with Crippen molar-refractivity contribution in [3.05, 3.63) is 100 Å². The summed E-state index contributed by atoms with van der Waals surface area (Å²) in [6.45, 7) is 1.94. The Bertz CT molecular complexity index is 1060. The van der Waals surface area contributed by atoms with Crippen LogP contribution in [-0.4, -0.2) is 16.9 Å². The fourth-order valence-corrected chi connectivity index (χ4v) is 3.39. The lowest BCUT2D eigenvalue weighted by Gasteiger charge is -2.15. The smallest absolute Gasteiger partial charge is 0.257 e. The topological polar surface area (TPSA) is 70.2 Å². The van der Waals surface area contributed by atoms with Crippen molar-refractivity contribution in [3.63, 3.8) is 0 Å². The lowest BCUT2D eigenvalue weighted by Crippen LogP contribution is -2.34. The van der Waals surface area contributed by atoms with E-state index in [9.17, 15) is 9.59 Å². The molecule has 0 saturated heterocycles. The van der Waals surface area contributed by atoms with Gasteiger partial charge in [-0.2, -0.15) is 0 Å². The number of benzene rings is 3. The van der Waals surface area contributed by atoms with E-state index in [1.54, 1.807) is 42.5 Å². The van der Waals surface area contributed by atoms with Gasteiger partial charge in [-0.15, -0.1) is 0 Å². The maximum absolute atomic E-state index is 12.5. The molecule has 0 aliphatic carbocycles.